The smallest absolute Gasteiger partial charge is 0.0502 e. The highest BCUT2D eigenvalue weighted by Crippen LogP contribution is 2.18. The van der Waals surface area contributed by atoms with Gasteiger partial charge in [0.25, 0.3) is 0 Å². The summed E-state index contributed by atoms with van der Waals surface area (Å²) in [5, 5.41) is 10.5. The second-order valence-corrected chi connectivity index (χ2v) is 2.54. The molecular formula is C5H8OS. The predicted molar refractivity (Wildman–Crippen MR) is 32.2 cm³/mol. The van der Waals surface area contributed by atoms with Gasteiger partial charge in [0.1, 0.15) is 0 Å². The van der Waals surface area contributed by atoms with Gasteiger partial charge in [-0.15, -0.1) is 11.8 Å². The van der Waals surface area contributed by atoms with Crippen molar-refractivity contribution in [3.8, 4) is 0 Å². The Morgan fingerprint density at radius 3 is 3.00 bits per heavy atom. The van der Waals surface area contributed by atoms with Crippen LogP contribution in [0.25, 0.3) is 0 Å². The van der Waals surface area contributed by atoms with Crippen molar-refractivity contribution in [3.05, 3.63) is 11.5 Å². The molecule has 1 rings (SSSR count). The fourth-order valence-corrected chi connectivity index (χ4v) is 1.42. The Hall–Kier alpha value is 0.0500. The van der Waals surface area contributed by atoms with Crippen LogP contribution in [0.2, 0.25) is 0 Å². The Kier molecular flexibility index (Phi) is 1.77. The van der Waals surface area contributed by atoms with E-state index >= 15 is 0 Å². The maximum absolute atomic E-state index is 8.50. The molecule has 0 amide bonds. The van der Waals surface area contributed by atoms with Crippen molar-refractivity contribution >= 4 is 11.8 Å². The fourth-order valence-electron chi connectivity index (χ4n) is 0.515. The van der Waals surface area contributed by atoms with E-state index in [4.69, 9.17) is 5.11 Å². The maximum atomic E-state index is 8.50. The van der Waals surface area contributed by atoms with E-state index in [1.54, 1.807) is 11.8 Å². The largest absolute Gasteiger partial charge is 0.396 e. The Bertz CT molecular complexity index is 80.1. The molecule has 0 spiro atoms. The molecule has 1 heterocycles. The first kappa shape index (κ1) is 5.19. The summed E-state index contributed by atoms with van der Waals surface area (Å²) in [6.45, 7) is 0.309. The number of aliphatic hydroxyl groups excluding tert-OH is 1. The van der Waals surface area contributed by atoms with Crippen LogP contribution in [-0.4, -0.2) is 17.5 Å². The number of thioether (sulfide) groups is 1. The van der Waals surface area contributed by atoms with E-state index in [0.29, 0.717) is 12.5 Å². The SMILES string of the molecule is OCC1C=CSC1. The van der Waals surface area contributed by atoms with Crippen LogP contribution in [0.15, 0.2) is 11.5 Å². The quantitative estimate of drug-likeness (QED) is 0.548. The average Bonchev–Trinajstić information content (AvgIpc) is 2.14. The van der Waals surface area contributed by atoms with E-state index in [9.17, 15) is 0 Å². The molecule has 0 saturated heterocycles. The summed E-state index contributed by atoms with van der Waals surface area (Å²) in [5.74, 6) is 1.50. The Morgan fingerprint density at radius 1 is 1.86 bits per heavy atom. The summed E-state index contributed by atoms with van der Waals surface area (Å²) in [5.41, 5.74) is 0. The highest BCUT2D eigenvalue weighted by Gasteiger charge is 2.05. The van der Waals surface area contributed by atoms with Gasteiger partial charge in [0.15, 0.2) is 0 Å². The van der Waals surface area contributed by atoms with Crippen molar-refractivity contribution in [3.63, 3.8) is 0 Å². The number of rotatable bonds is 1. The van der Waals surface area contributed by atoms with Crippen LogP contribution in [0.4, 0.5) is 0 Å². The first-order chi connectivity index (χ1) is 3.43. The molecule has 1 aliphatic heterocycles. The third-order valence-corrected chi connectivity index (χ3v) is 1.96. The van der Waals surface area contributed by atoms with E-state index in [-0.39, 0.29) is 0 Å². The Labute approximate surface area is 47.4 Å². The lowest BCUT2D eigenvalue weighted by atomic mass is 10.2. The normalized spacial score (nSPS) is 29.0. The monoisotopic (exact) mass is 116 g/mol. The number of hydrogen-bond acceptors (Lipinski definition) is 2. The molecule has 1 aliphatic rings. The van der Waals surface area contributed by atoms with Gasteiger partial charge in [0, 0.05) is 11.7 Å². The van der Waals surface area contributed by atoms with Crippen molar-refractivity contribution in [2.24, 2.45) is 5.92 Å². The summed E-state index contributed by atoms with van der Waals surface area (Å²) >= 11 is 1.77. The van der Waals surface area contributed by atoms with Crippen molar-refractivity contribution in [1.82, 2.24) is 0 Å². The molecular weight excluding hydrogens is 108 g/mol. The average molecular weight is 116 g/mol. The standard InChI is InChI=1S/C5H8OS/c6-3-5-1-2-7-4-5/h1-2,5-6H,3-4H2. The lowest BCUT2D eigenvalue weighted by Crippen LogP contribution is -2.00. The minimum absolute atomic E-state index is 0.309. The van der Waals surface area contributed by atoms with Crippen molar-refractivity contribution in [1.29, 1.82) is 0 Å². The lowest BCUT2D eigenvalue weighted by Gasteiger charge is -1.96. The molecule has 0 aromatic rings. The second kappa shape index (κ2) is 2.38. The minimum atomic E-state index is 0.309. The zero-order valence-electron chi connectivity index (χ0n) is 4.00. The lowest BCUT2D eigenvalue weighted by molar-refractivity contribution is 0.265. The van der Waals surface area contributed by atoms with Crippen LogP contribution in [0.5, 0.6) is 0 Å². The Morgan fingerprint density at radius 2 is 2.71 bits per heavy atom. The van der Waals surface area contributed by atoms with Gasteiger partial charge in [0.2, 0.25) is 0 Å². The maximum Gasteiger partial charge on any atom is 0.0502 e. The molecule has 1 nitrogen and oxygen atoms in total. The molecule has 0 aromatic heterocycles. The van der Waals surface area contributed by atoms with E-state index < -0.39 is 0 Å². The summed E-state index contributed by atoms with van der Waals surface area (Å²) in [4.78, 5) is 0. The third kappa shape index (κ3) is 1.21. The van der Waals surface area contributed by atoms with Gasteiger partial charge in [-0.2, -0.15) is 0 Å². The van der Waals surface area contributed by atoms with Crippen molar-refractivity contribution in [2.45, 2.75) is 0 Å². The molecule has 0 bridgehead atoms. The highest BCUT2D eigenvalue weighted by molar-refractivity contribution is 8.02. The van der Waals surface area contributed by atoms with E-state index in [1.807, 2.05) is 11.5 Å². The summed E-state index contributed by atoms with van der Waals surface area (Å²) in [6.07, 6.45) is 2.05. The molecule has 0 radical (unpaired) electrons. The molecule has 2 heteroatoms. The van der Waals surface area contributed by atoms with Crippen molar-refractivity contribution in [2.75, 3.05) is 12.4 Å². The second-order valence-electron chi connectivity index (χ2n) is 1.60. The van der Waals surface area contributed by atoms with Gasteiger partial charge in [-0.05, 0) is 5.41 Å². The van der Waals surface area contributed by atoms with Gasteiger partial charge in [-0.1, -0.05) is 6.08 Å². The molecule has 0 saturated carbocycles. The van der Waals surface area contributed by atoms with Crippen LogP contribution in [-0.2, 0) is 0 Å². The fraction of sp³-hybridized carbons (Fsp3) is 0.600. The highest BCUT2D eigenvalue weighted by atomic mass is 32.2. The molecule has 1 atom stereocenters. The van der Waals surface area contributed by atoms with Crippen LogP contribution in [0.1, 0.15) is 0 Å². The zero-order chi connectivity index (χ0) is 5.11. The van der Waals surface area contributed by atoms with Gasteiger partial charge in [-0.25, -0.2) is 0 Å². The topological polar surface area (TPSA) is 20.2 Å². The molecule has 0 fully saturated rings. The molecule has 1 unspecified atom stereocenters. The third-order valence-electron chi connectivity index (χ3n) is 0.992. The minimum Gasteiger partial charge on any atom is -0.396 e. The molecule has 1 N–H and O–H groups in total. The first-order valence-electron chi connectivity index (χ1n) is 2.32. The summed E-state index contributed by atoms with van der Waals surface area (Å²) in [6, 6.07) is 0. The first-order valence-corrected chi connectivity index (χ1v) is 3.37. The van der Waals surface area contributed by atoms with Crippen molar-refractivity contribution < 1.29 is 5.11 Å². The number of hydrogen-bond donors (Lipinski definition) is 1. The van der Waals surface area contributed by atoms with Gasteiger partial charge < -0.3 is 5.11 Å². The van der Waals surface area contributed by atoms with E-state index in [2.05, 4.69) is 0 Å². The van der Waals surface area contributed by atoms with Gasteiger partial charge in [-0.3, -0.25) is 0 Å². The van der Waals surface area contributed by atoms with Crippen LogP contribution < -0.4 is 0 Å². The molecule has 0 aliphatic carbocycles. The molecule has 40 valence electrons. The zero-order valence-corrected chi connectivity index (χ0v) is 4.82. The Balaban J connectivity index is 2.28. The van der Waals surface area contributed by atoms with Crippen LogP contribution in [0.3, 0.4) is 0 Å². The van der Waals surface area contributed by atoms with Gasteiger partial charge in [0.05, 0.1) is 6.61 Å². The number of aliphatic hydroxyl groups is 1. The van der Waals surface area contributed by atoms with Crippen LogP contribution in [0, 0.1) is 5.92 Å². The summed E-state index contributed by atoms with van der Waals surface area (Å²) in [7, 11) is 0. The molecule has 0 aromatic carbocycles. The van der Waals surface area contributed by atoms with Crippen LogP contribution >= 0.6 is 11.8 Å². The predicted octanol–water partition coefficient (Wildman–Crippen LogP) is 0.855. The van der Waals surface area contributed by atoms with E-state index in [1.165, 1.54) is 0 Å². The molecule has 7 heavy (non-hydrogen) atoms. The van der Waals surface area contributed by atoms with E-state index in [0.717, 1.165) is 5.75 Å². The summed E-state index contributed by atoms with van der Waals surface area (Å²) < 4.78 is 0. The van der Waals surface area contributed by atoms with Gasteiger partial charge >= 0.3 is 0 Å².